The van der Waals surface area contributed by atoms with Crippen molar-refractivity contribution in [2.75, 3.05) is 51.1 Å². The van der Waals surface area contributed by atoms with E-state index >= 15 is 0 Å². The number of aromatic carboxylic acids is 1. The maximum atomic E-state index is 13.4. The Morgan fingerprint density at radius 1 is 0.884 bits per heavy atom. The van der Waals surface area contributed by atoms with Crippen LogP contribution in [-0.2, 0) is 11.2 Å². The van der Waals surface area contributed by atoms with Crippen molar-refractivity contribution < 1.29 is 33.7 Å². The number of carbonyl (C=O) groups excluding carboxylic acids is 2. The molecule has 4 rings (SSSR count). The number of ether oxygens (including phenoxy) is 3. The maximum absolute atomic E-state index is 13.4. The molecule has 0 unspecified atom stereocenters. The summed E-state index contributed by atoms with van der Waals surface area (Å²) < 4.78 is 16.7. The number of carboxylic acids is 1. The number of urea groups is 1. The van der Waals surface area contributed by atoms with Crippen molar-refractivity contribution in [2.45, 2.75) is 32.2 Å². The Morgan fingerprint density at radius 3 is 2.33 bits per heavy atom. The van der Waals surface area contributed by atoms with Gasteiger partial charge in [-0.15, -0.1) is 0 Å². The largest absolute Gasteiger partial charge is 0.495 e. The van der Waals surface area contributed by atoms with E-state index in [1.54, 1.807) is 29.2 Å². The average molecular weight is 591 g/mol. The summed E-state index contributed by atoms with van der Waals surface area (Å²) in [5, 5.41) is 18.3. The van der Waals surface area contributed by atoms with Crippen LogP contribution >= 0.6 is 0 Å². The molecule has 11 nitrogen and oxygen atoms in total. The van der Waals surface area contributed by atoms with Crippen LogP contribution in [-0.4, -0.2) is 74.4 Å². The second kappa shape index (κ2) is 14.9. The fourth-order valence-electron chi connectivity index (χ4n) is 4.46. The van der Waals surface area contributed by atoms with Crippen LogP contribution in [0.4, 0.5) is 16.2 Å². The molecule has 228 valence electrons. The molecule has 1 fully saturated rings. The van der Waals surface area contributed by atoms with E-state index in [1.165, 1.54) is 26.4 Å². The van der Waals surface area contributed by atoms with E-state index in [2.05, 4.69) is 16.0 Å². The Labute approximate surface area is 251 Å². The van der Waals surface area contributed by atoms with Gasteiger partial charge in [0.15, 0.2) is 11.5 Å². The third kappa shape index (κ3) is 9.11. The zero-order chi connectivity index (χ0) is 30.8. The molecule has 11 heteroatoms. The minimum atomic E-state index is -1.06. The lowest BCUT2D eigenvalue weighted by Gasteiger charge is -2.24. The molecule has 1 aliphatic rings. The predicted octanol–water partition coefficient (Wildman–Crippen LogP) is 4.56. The van der Waals surface area contributed by atoms with E-state index in [1.807, 2.05) is 31.2 Å². The molecule has 43 heavy (non-hydrogen) atoms. The van der Waals surface area contributed by atoms with Gasteiger partial charge < -0.3 is 40.2 Å². The molecular weight excluding hydrogens is 552 g/mol. The number of anilines is 2. The SMILES string of the molecule is COc1cc(CC(=O)N(CCNC2CC2)CCOc2ccc(C(=O)O)cc2OC)ccc1NC(=O)Nc1ccccc1C. The van der Waals surface area contributed by atoms with Gasteiger partial charge in [-0.05, 0) is 67.3 Å². The number of aryl methyl sites for hydroxylation is 1. The van der Waals surface area contributed by atoms with Gasteiger partial charge in [0.1, 0.15) is 12.4 Å². The van der Waals surface area contributed by atoms with Crippen LogP contribution in [0.3, 0.4) is 0 Å². The number of methoxy groups -OCH3 is 2. The molecule has 0 saturated heterocycles. The highest BCUT2D eigenvalue weighted by Gasteiger charge is 2.22. The van der Waals surface area contributed by atoms with Crippen molar-refractivity contribution in [3.8, 4) is 17.2 Å². The smallest absolute Gasteiger partial charge is 0.335 e. The molecule has 0 bridgehead atoms. The molecule has 3 aromatic rings. The number of nitrogens with zero attached hydrogens (tertiary/aromatic N) is 1. The molecule has 0 aromatic heterocycles. The zero-order valence-electron chi connectivity index (χ0n) is 24.6. The first-order chi connectivity index (χ1) is 20.8. The van der Waals surface area contributed by atoms with Crippen LogP contribution in [0.5, 0.6) is 17.2 Å². The van der Waals surface area contributed by atoms with E-state index < -0.39 is 12.0 Å². The van der Waals surface area contributed by atoms with Gasteiger partial charge in [0.05, 0.1) is 38.4 Å². The molecule has 0 atom stereocenters. The minimum absolute atomic E-state index is 0.0885. The zero-order valence-corrected chi connectivity index (χ0v) is 24.6. The van der Waals surface area contributed by atoms with Crippen molar-refractivity contribution in [1.29, 1.82) is 0 Å². The summed E-state index contributed by atoms with van der Waals surface area (Å²) in [6.45, 7) is 3.60. The Kier molecular flexibility index (Phi) is 10.8. The summed E-state index contributed by atoms with van der Waals surface area (Å²) in [6.07, 6.45) is 2.42. The van der Waals surface area contributed by atoms with Gasteiger partial charge in [-0.2, -0.15) is 0 Å². The highest BCUT2D eigenvalue weighted by molar-refractivity contribution is 6.01. The Morgan fingerprint density at radius 2 is 1.63 bits per heavy atom. The van der Waals surface area contributed by atoms with E-state index in [0.717, 1.165) is 24.0 Å². The highest BCUT2D eigenvalue weighted by Crippen LogP contribution is 2.29. The van der Waals surface area contributed by atoms with Gasteiger partial charge in [0.25, 0.3) is 0 Å². The second-order valence-corrected chi connectivity index (χ2v) is 10.2. The Balaban J connectivity index is 1.38. The van der Waals surface area contributed by atoms with Crippen molar-refractivity contribution in [3.05, 3.63) is 77.4 Å². The third-order valence-electron chi connectivity index (χ3n) is 7.04. The summed E-state index contributed by atoms with van der Waals surface area (Å²) in [6, 6.07) is 17.2. The van der Waals surface area contributed by atoms with Gasteiger partial charge in [-0.3, -0.25) is 4.79 Å². The molecule has 3 aromatic carbocycles. The lowest BCUT2D eigenvalue weighted by molar-refractivity contribution is -0.130. The summed E-state index contributed by atoms with van der Waals surface area (Å²) >= 11 is 0. The number of amides is 3. The van der Waals surface area contributed by atoms with Crippen LogP contribution in [0.1, 0.15) is 34.3 Å². The molecule has 4 N–H and O–H groups in total. The Hall–Kier alpha value is -4.77. The van der Waals surface area contributed by atoms with Crippen LogP contribution in [0.2, 0.25) is 0 Å². The number of hydrogen-bond acceptors (Lipinski definition) is 7. The monoisotopic (exact) mass is 590 g/mol. The van der Waals surface area contributed by atoms with Crippen LogP contribution in [0, 0.1) is 6.92 Å². The van der Waals surface area contributed by atoms with Crippen molar-refractivity contribution >= 4 is 29.3 Å². The first-order valence-corrected chi connectivity index (χ1v) is 14.1. The number of rotatable bonds is 15. The minimum Gasteiger partial charge on any atom is -0.495 e. The van der Waals surface area contributed by atoms with E-state index in [4.69, 9.17) is 14.2 Å². The van der Waals surface area contributed by atoms with E-state index in [0.29, 0.717) is 54.3 Å². The highest BCUT2D eigenvalue weighted by atomic mass is 16.5. The summed E-state index contributed by atoms with van der Waals surface area (Å²) in [5.74, 6) is -0.00512. The van der Waals surface area contributed by atoms with Crippen LogP contribution < -0.4 is 30.2 Å². The summed E-state index contributed by atoms with van der Waals surface area (Å²) in [4.78, 5) is 39.0. The Bertz CT molecular complexity index is 1440. The van der Waals surface area contributed by atoms with E-state index in [9.17, 15) is 19.5 Å². The van der Waals surface area contributed by atoms with Gasteiger partial charge in [0.2, 0.25) is 5.91 Å². The van der Waals surface area contributed by atoms with Gasteiger partial charge >= 0.3 is 12.0 Å². The second-order valence-electron chi connectivity index (χ2n) is 10.2. The van der Waals surface area contributed by atoms with Gasteiger partial charge in [0, 0.05) is 24.8 Å². The van der Waals surface area contributed by atoms with Crippen LogP contribution in [0.25, 0.3) is 0 Å². The van der Waals surface area contributed by atoms with E-state index in [-0.39, 0.29) is 24.5 Å². The predicted molar refractivity (Wildman–Crippen MR) is 164 cm³/mol. The molecule has 3 amide bonds. The van der Waals surface area contributed by atoms with Crippen molar-refractivity contribution in [2.24, 2.45) is 0 Å². The molecule has 0 radical (unpaired) electrons. The molecule has 0 aliphatic heterocycles. The number of carboxylic acid groups (broad SMARTS) is 1. The number of nitrogens with one attached hydrogen (secondary N) is 3. The van der Waals surface area contributed by atoms with Gasteiger partial charge in [-0.25, -0.2) is 9.59 Å². The first-order valence-electron chi connectivity index (χ1n) is 14.1. The number of hydrogen-bond donors (Lipinski definition) is 4. The van der Waals surface area contributed by atoms with Gasteiger partial charge in [-0.1, -0.05) is 24.3 Å². The summed E-state index contributed by atoms with van der Waals surface area (Å²) in [5.41, 5.74) is 2.95. The molecule has 1 saturated carbocycles. The lowest BCUT2D eigenvalue weighted by Crippen LogP contribution is -2.40. The molecule has 0 heterocycles. The molecule has 1 aliphatic carbocycles. The summed E-state index contributed by atoms with van der Waals surface area (Å²) in [7, 11) is 2.95. The van der Waals surface area contributed by atoms with Crippen LogP contribution in [0.15, 0.2) is 60.7 Å². The fourth-order valence-corrected chi connectivity index (χ4v) is 4.46. The quantitative estimate of drug-likeness (QED) is 0.202. The topological polar surface area (TPSA) is 138 Å². The van der Waals surface area contributed by atoms with Crippen molar-refractivity contribution in [3.63, 3.8) is 0 Å². The number of para-hydroxylation sites is 1. The maximum Gasteiger partial charge on any atom is 0.335 e. The lowest BCUT2D eigenvalue weighted by atomic mass is 10.1. The third-order valence-corrected chi connectivity index (χ3v) is 7.04. The molecular formula is C32H38N4O7. The molecule has 0 spiro atoms. The number of benzene rings is 3. The average Bonchev–Trinajstić information content (AvgIpc) is 3.82. The van der Waals surface area contributed by atoms with Crippen molar-refractivity contribution in [1.82, 2.24) is 10.2 Å². The standard InChI is InChI=1S/C32H38N4O7/c1-21-6-4-5-7-25(21)34-32(40)35-26-12-8-22(18-28(26)41-2)19-30(37)36(15-14-33-24-10-11-24)16-17-43-27-13-9-23(31(38)39)20-29(27)42-3/h4-9,12-13,18,20,24,33H,10-11,14-17,19H2,1-3H3,(H,38,39)(H2,34,35,40). The fraction of sp³-hybridized carbons (Fsp3) is 0.344. The number of carbonyl (C=O) groups is 3. The normalized spacial score (nSPS) is 12.3. The first kappa shape index (κ1) is 31.2.